The van der Waals surface area contributed by atoms with Gasteiger partial charge in [0.2, 0.25) is 11.8 Å². The SMILES string of the molecule is COc1ccc(OC)c2nc(N3CCN(C(C)=O)CC3)c(CN(CC3CCCO3)C(=O)C(C)C)cc12. The number of hydrogen-bond donors (Lipinski definition) is 0. The van der Waals surface area contributed by atoms with Crippen LogP contribution in [-0.2, 0) is 20.9 Å². The van der Waals surface area contributed by atoms with Gasteiger partial charge in [0.1, 0.15) is 22.8 Å². The summed E-state index contributed by atoms with van der Waals surface area (Å²) in [7, 11) is 3.27. The van der Waals surface area contributed by atoms with Crippen LogP contribution in [0.2, 0.25) is 0 Å². The molecule has 0 aliphatic carbocycles. The molecule has 4 rings (SSSR count). The van der Waals surface area contributed by atoms with Gasteiger partial charge in [-0.05, 0) is 31.0 Å². The van der Waals surface area contributed by atoms with Crippen LogP contribution in [0.15, 0.2) is 18.2 Å². The molecule has 2 amide bonds. The topological polar surface area (TPSA) is 84.4 Å². The molecule has 2 saturated heterocycles. The second-order valence-corrected chi connectivity index (χ2v) is 9.84. The first-order valence-electron chi connectivity index (χ1n) is 12.8. The van der Waals surface area contributed by atoms with Gasteiger partial charge in [-0.15, -0.1) is 0 Å². The van der Waals surface area contributed by atoms with Crippen molar-refractivity contribution in [3.8, 4) is 11.5 Å². The number of carbonyl (C=O) groups is 2. The number of fused-ring (bicyclic) bond motifs is 1. The highest BCUT2D eigenvalue weighted by Crippen LogP contribution is 2.36. The number of benzene rings is 1. The van der Waals surface area contributed by atoms with E-state index in [1.807, 2.05) is 35.8 Å². The Balaban J connectivity index is 1.77. The maximum atomic E-state index is 13.3. The van der Waals surface area contributed by atoms with E-state index in [9.17, 15) is 9.59 Å². The average Bonchev–Trinajstić information content (AvgIpc) is 3.40. The molecule has 2 aromatic rings. The summed E-state index contributed by atoms with van der Waals surface area (Å²) in [4.78, 5) is 36.2. The van der Waals surface area contributed by atoms with Crippen LogP contribution in [-0.4, -0.2) is 86.3 Å². The first-order valence-corrected chi connectivity index (χ1v) is 12.8. The molecule has 0 spiro atoms. The predicted octanol–water partition coefficient (Wildman–Crippen LogP) is 3.08. The lowest BCUT2D eigenvalue weighted by Crippen LogP contribution is -2.48. The van der Waals surface area contributed by atoms with Gasteiger partial charge in [0.05, 0.1) is 20.3 Å². The Kier molecular flexibility index (Phi) is 8.18. The van der Waals surface area contributed by atoms with E-state index in [4.69, 9.17) is 19.2 Å². The van der Waals surface area contributed by atoms with E-state index in [-0.39, 0.29) is 23.8 Å². The van der Waals surface area contributed by atoms with Gasteiger partial charge in [-0.25, -0.2) is 4.98 Å². The van der Waals surface area contributed by atoms with Crippen molar-refractivity contribution in [1.29, 1.82) is 0 Å². The number of aromatic nitrogens is 1. The van der Waals surface area contributed by atoms with E-state index >= 15 is 0 Å². The average molecular weight is 499 g/mol. The van der Waals surface area contributed by atoms with Crippen LogP contribution in [0, 0.1) is 5.92 Å². The van der Waals surface area contributed by atoms with E-state index in [0.29, 0.717) is 56.3 Å². The van der Waals surface area contributed by atoms with E-state index in [2.05, 4.69) is 11.0 Å². The minimum absolute atomic E-state index is 0.0540. The second-order valence-electron chi connectivity index (χ2n) is 9.84. The number of carbonyl (C=O) groups excluding carboxylic acids is 2. The third-order valence-electron chi connectivity index (χ3n) is 7.04. The van der Waals surface area contributed by atoms with Gasteiger partial charge in [0.15, 0.2) is 0 Å². The molecule has 0 radical (unpaired) electrons. The van der Waals surface area contributed by atoms with Crippen LogP contribution in [0.5, 0.6) is 11.5 Å². The van der Waals surface area contributed by atoms with E-state index < -0.39 is 0 Å². The van der Waals surface area contributed by atoms with Crippen molar-refractivity contribution in [2.24, 2.45) is 5.92 Å². The van der Waals surface area contributed by atoms with Gasteiger partial charge >= 0.3 is 0 Å². The molecule has 1 aromatic heterocycles. The zero-order valence-corrected chi connectivity index (χ0v) is 22.1. The van der Waals surface area contributed by atoms with Crippen LogP contribution < -0.4 is 14.4 Å². The van der Waals surface area contributed by atoms with Crippen LogP contribution in [0.1, 0.15) is 39.2 Å². The molecule has 0 N–H and O–H groups in total. The van der Waals surface area contributed by atoms with Crippen molar-refractivity contribution in [2.75, 3.05) is 58.5 Å². The number of methoxy groups -OCH3 is 2. The van der Waals surface area contributed by atoms with Gasteiger partial charge in [0, 0.05) is 69.7 Å². The summed E-state index contributed by atoms with van der Waals surface area (Å²) in [6.45, 7) is 9.79. The number of piperazine rings is 1. The fourth-order valence-corrected chi connectivity index (χ4v) is 5.04. The Morgan fingerprint density at radius 3 is 2.42 bits per heavy atom. The Hall–Kier alpha value is -3.07. The summed E-state index contributed by atoms with van der Waals surface area (Å²) in [6, 6.07) is 5.81. The molecular formula is C27H38N4O5. The van der Waals surface area contributed by atoms with Gasteiger partial charge in [-0.3, -0.25) is 9.59 Å². The highest BCUT2D eigenvalue weighted by atomic mass is 16.5. The number of pyridine rings is 1. The minimum Gasteiger partial charge on any atom is -0.496 e. The molecule has 1 atom stereocenters. The molecule has 9 heteroatoms. The van der Waals surface area contributed by atoms with Crippen LogP contribution in [0.3, 0.4) is 0 Å². The number of amides is 2. The van der Waals surface area contributed by atoms with E-state index in [1.165, 1.54) is 0 Å². The highest BCUT2D eigenvalue weighted by Gasteiger charge is 2.28. The third-order valence-corrected chi connectivity index (χ3v) is 7.04. The van der Waals surface area contributed by atoms with Gasteiger partial charge < -0.3 is 28.9 Å². The van der Waals surface area contributed by atoms with Gasteiger partial charge in [-0.2, -0.15) is 0 Å². The summed E-state index contributed by atoms with van der Waals surface area (Å²) >= 11 is 0. The first kappa shape index (κ1) is 26.0. The van der Waals surface area contributed by atoms with Crippen LogP contribution in [0.25, 0.3) is 10.9 Å². The smallest absolute Gasteiger partial charge is 0.225 e. The maximum Gasteiger partial charge on any atom is 0.225 e. The number of rotatable bonds is 8. The zero-order chi connectivity index (χ0) is 25.8. The maximum absolute atomic E-state index is 13.3. The minimum atomic E-state index is -0.128. The second kappa shape index (κ2) is 11.3. The number of nitrogens with zero attached hydrogens (tertiary/aromatic N) is 4. The van der Waals surface area contributed by atoms with Crippen molar-refractivity contribution < 1.29 is 23.8 Å². The van der Waals surface area contributed by atoms with E-state index in [0.717, 1.165) is 36.2 Å². The molecule has 0 saturated carbocycles. The molecule has 1 aromatic carbocycles. The van der Waals surface area contributed by atoms with Crippen LogP contribution in [0.4, 0.5) is 5.82 Å². The molecule has 3 heterocycles. The number of anilines is 1. The molecule has 1 unspecified atom stereocenters. The zero-order valence-electron chi connectivity index (χ0n) is 22.1. The summed E-state index contributed by atoms with van der Waals surface area (Å²) in [6.07, 6.45) is 2.04. The first-order chi connectivity index (χ1) is 17.3. The lowest BCUT2D eigenvalue weighted by molar-refractivity contribution is -0.136. The fraction of sp³-hybridized carbons (Fsp3) is 0.593. The molecule has 9 nitrogen and oxygen atoms in total. The van der Waals surface area contributed by atoms with Crippen molar-refractivity contribution in [1.82, 2.24) is 14.8 Å². The quantitative estimate of drug-likeness (QED) is 0.553. The standard InChI is InChI=1S/C27H38N4O5/c1-18(2)27(33)31(17-21-7-6-14-36-21)16-20-15-22-23(34-4)8-9-24(35-5)25(22)28-26(20)30-12-10-29(11-13-30)19(3)32/h8-9,15,18,21H,6-7,10-14,16-17H2,1-5H3. The molecule has 2 fully saturated rings. The van der Waals surface area contributed by atoms with E-state index in [1.54, 1.807) is 21.1 Å². The number of ether oxygens (including phenoxy) is 3. The normalized spacial score (nSPS) is 18.1. The van der Waals surface area contributed by atoms with Crippen LogP contribution >= 0.6 is 0 Å². The molecular weight excluding hydrogens is 460 g/mol. The predicted molar refractivity (Wildman–Crippen MR) is 139 cm³/mol. The van der Waals surface area contributed by atoms with Crippen molar-refractivity contribution in [3.63, 3.8) is 0 Å². The summed E-state index contributed by atoms with van der Waals surface area (Å²) in [5, 5.41) is 0.840. The monoisotopic (exact) mass is 498 g/mol. The molecule has 196 valence electrons. The summed E-state index contributed by atoms with van der Waals surface area (Å²) < 4.78 is 17.2. The Labute approximate surface area is 213 Å². The Morgan fingerprint density at radius 2 is 1.83 bits per heavy atom. The lowest BCUT2D eigenvalue weighted by Gasteiger charge is -2.36. The molecule has 36 heavy (non-hydrogen) atoms. The van der Waals surface area contributed by atoms with Crippen molar-refractivity contribution in [2.45, 2.75) is 46.3 Å². The summed E-state index contributed by atoms with van der Waals surface area (Å²) in [5.41, 5.74) is 1.66. The van der Waals surface area contributed by atoms with Gasteiger partial charge in [-0.1, -0.05) is 13.8 Å². The molecule has 2 aliphatic rings. The summed E-state index contributed by atoms with van der Waals surface area (Å²) in [5.74, 6) is 2.22. The largest absolute Gasteiger partial charge is 0.496 e. The Bertz CT molecular complexity index is 1090. The van der Waals surface area contributed by atoms with Gasteiger partial charge in [0.25, 0.3) is 0 Å². The lowest BCUT2D eigenvalue weighted by atomic mass is 10.1. The molecule has 2 aliphatic heterocycles. The highest BCUT2D eigenvalue weighted by molar-refractivity contribution is 5.92. The van der Waals surface area contributed by atoms with Crippen molar-refractivity contribution in [3.05, 3.63) is 23.8 Å². The number of hydrogen-bond acceptors (Lipinski definition) is 7. The fourth-order valence-electron chi connectivity index (χ4n) is 5.04. The van der Waals surface area contributed by atoms with Crippen molar-refractivity contribution >= 4 is 28.5 Å². The third kappa shape index (κ3) is 5.51. The molecule has 0 bridgehead atoms. The Morgan fingerprint density at radius 1 is 1.14 bits per heavy atom.